The average Bonchev–Trinajstić information content (AvgIpc) is 2.61. The van der Waals surface area contributed by atoms with E-state index in [0.717, 1.165) is 24.3 Å². The van der Waals surface area contributed by atoms with Crippen molar-refractivity contribution in [3.05, 3.63) is 53.0 Å². The molecule has 0 fully saturated rings. The summed E-state index contributed by atoms with van der Waals surface area (Å²) in [7, 11) is 0.835. The fourth-order valence-electron chi connectivity index (χ4n) is 1.58. The molecule has 0 aliphatic carbocycles. The summed E-state index contributed by atoms with van der Waals surface area (Å²) in [5, 5.41) is 0. The van der Waals surface area contributed by atoms with Crippen LogP contribution in [0.3, 0.4) is 0 Å². The van der Waals surface area contributed by atoms with E-state index in [1.165, 1.54) is 12.1 Å². The largest absolute Gasteiger partial charge is 0.499 e. The smallest absolute Gasteiger partial charge is 0.426 e. The van der Waals surface area contributed by atoms with Crippen molar-refractivity contribution in [3.8, 4) is 11.5 Å². The SMILES string of the molecule is FC(F)(F)C(F)(F)Oc1ccc(Br)cc1.O=S(=O)(Cl)c1ccc(OC(F)(F)C(F)(F)F)cc1. The third-order valence-corrected chi connectivity index (χ3v) is 4.97. The molecule has 2 rings (SSSR count). The van der Waals surface area contributed by atoms with E-state index in [1.807, 2.05) is 0 Å². The maximum Gasteiger partial charge on any atom is 0.499 e. The van der Waals surface area contributed by atoms with Crippen molar-refractivity contribution in [2.24, 2.45) is 0 Å². The topological polar surface area (TPSA) is 52.6 Å². The highest BCUT2D eigenvalue weighted by Crippen LogP contribution is 2.38. The lowest BCUT2D eigenvalue weighted by Gasteiger charge is -2.20. The lowest BCUT2D eigenvalue weighted by atomic mass is 10.3. The zero-order valence-electron chi connectivity index (χ0n) is 15.2. The zero-order valence-corrected chi connectivity index (χ0v) is 18.4. The predicted molar refractivity (Wildman–Crippen MR) is 96.9 cm³/mol. The Balaban J connectivity index is 0.000000335. The van der Waals surface area contributed by atoms with Gasteiger partial charge in [-0.3, -0.25) is 0 Å². The van der Waals surface area contributed by atoms with Crippen molar-refractivity contribution in [3.63, 3.8) is 0 Å². The molecule has 17 heteroatoms. The molecule has 2 aromatic carbocycles. The molecular weight excluding hydrogens is 594 g/mol. The van der Waals surface area contributed by atoms with Gasteiger partial charge in [-0.1, -0.05) is 15.9 Å². The van der Waals surface area contributed by atoms with Crippen LogP contribution in [0, 0.1) is 0 Å². The number of hydrogen-bond acceptors (Lipinski definition) is 4. The van der Waals surface area contributed by atoms with Crippen LogP contribution < -0.4 is 9.47 Å². The van der Waals surface area contributed by atoms with Crippen LogP contribution in [0.5, 0.6) is 11.5 Å². The van der Waals surface area contributed by atoms with Crippen LogP contribution in [0.25, 0.3) is 0 Å². The molecule has 0 amide bonds. The van der Waals surface area contributed by atoms with Crippen molar-refractivity contribution in [2.45, 2.75) is 29.5 Å². The highest BCUT2D eigenvalue weighted by molar-refractivity contribution is 9.10. The monoisotopic (exact) mass is 600 g/mol. The summed E-state index contributed by atoms with van der Waals surface area (Å²) >= 11 is 3.00. The molecule has 0 aromatic heterocycles. The number of rotatable bonds is 5. The van der Waals surface area contributed by atoms with Crippen LogP contribution in [0.2, 0.25) is 0 Å². The molecule has 0 spiro atoms. The van der Waals surface area contributed by atoms with E-state index in [2.05, 4.69) is 25.4 Å². The van der Waals surface area contributed by atoms with Gasteiger partial charge in [-0.25, -0.2) is 8.42 Å². The van der Waals surface area contributed by atoms with Crippen molar-refractivity contribution in [2.75, 3.05) is 0 Å². The Morgan fingerprint density at radius 2 is 0.939 bits per heavy atom. The second-order valence-corrected chi connectivity index (χ2v) is 9.08. The summed E-state index contributed by atoms with van der Waals surface area (Å²) in [4.78, 5) is -0.452. The molecule has 2 aromatic rings. The van der Waals surface area contributed by atoms with Crippen LogP contribution in [-0.2, 0) is 9.05 Å². The molecule has 0 saturated carbocycles. The van der Waals surface area contributed by atoms with Gasteiger partial charge >= 0.3 is 24.6 Å². The highest BCUT2D eigenvalue weighted by atomic mass is 79.9. The summed E-state index contributed by atoms with van der Waals surface area (Å²) in [5.74, 6) is -1.40. The Morgan fingerprint density at radius 1 is 0.636 bits per heavy atom. The first-order valence-electron chi connectivity index (χ1n) is 7.73. The first-order valence-corrected chi connectivity index (χ1v) is 10.8. The van der Waals surface area contributed by atoms with Gasteiger partial charge in [0.1, 0.15) is 11.5 Å². The van der Waals surface area contributed by atoms with Crippen molar-refractivity contribution < 1.29 is 61.8 Å². The summed E-state index contributed by atoms with van der Waals surface area (Å²) in [5.41, 5.74) is 0. The zero-order chi connectivity index (χ0) is 25.9. The summed E-state index contributed by atoms with van der Waals surface area (Å²) in [6.07, 6.45) is -22.1. The lowest BCUT2D eigenvalue weighted by molar-refractivity contribution is -0.360. The molecule has 186 valence electrons. The second kappa shape index (κ2) is 10.1. The van der Waals surface area contributed by atoms with Crippen molar-refractivity contribution in [1.82, 2.24) is 0 Å². The molecular formula is C16H8BrClF10O4S. The van der Waals surface area contributed by atoms with Gasteiger partial charge < -0.3 is 9.47 Å². The summed E-state index contributed by atoms with van der Waals surface area (Å²) in [6.45, 7) is 0. The second-order valence-electron chi connectivity index (χ2n) is 5.60. The Kier molecular flexibility index (Phi) is 8.93. The van der Waals surface area contributed by atoms with Crippen molar-refractivity contribution >= 4 is 35.7 Å². The van der Waals surface area contributed by atoms with Gasteiger partial charge in [-0.2, -0.15) is 43.9 Å². The van der Waals surface area contributed by atoms with E-state index in [0.29, 0.717) is 16.6 Å². The van der Waals surface area contributed by atoms with Gasteiger partial charge in [-0.05, 0) is 48.5 Å². The molecule has 4 nitrogen and oxygen atoms in total. The third kappa shape index (κ3) is 8.73. The molecule has 0 saturated heterocycles. The maximum absolute atomic E-state index is 12.5. The van der Waals surface area contributed by atoms with E-state index in [4.69, 9.17) is 10.7 Å². The Bertz CT molecular complexity index is 1020. The van der Waals surface area contributed by atoms with E-state index in [-0.39, 0.29) is 0 Å². The fraction of sp³-hybridized carbons (Fsp3) is 0.250. The molecule has 0 radical (unpaired) electrons. The maximum atomic E-state index is 12.5. The predicted octanol–water partition coefficient (Wildman–Crippen LogP) is 7.13. The summed E-state index contributed by atoms with van der Waals surface area (Å²) < 4.78 is 149. The number of hydrogen-bond donors (Lipinski definition) is 0. The lowest BCUT2D eigenvalue weighted by Crippen LogP contribution is -2.41. The molecule has 33 heavy (non-hydrogen) atoms. The van der Waals surface area contributed by atoms with Gasteiger partial charge in [0.25, 0.3) is 9.05 Å². The minimum Gasteiger partial charge on any atom is -0.426 e. The number of halogens is 12. The summed E-state index contributed by atoms with van der Waals surface area (Å²) in [6, 6.07) is 7.34. The standard InChI is InChI=1S/C8H4BrF5O.C8H4ClF5O3S/c9-5-1-3-6(4-2-5)15-8(13,14)7(10,11)12;9-18(15,16)6-3-1-5(2-4-6)17-8(13,14)7(10,11)12/h1-4H;1-4H. The van der Waals surface area contributed by atoms with Crippen LogP contribution in [0.4, 0.5) is 43.9 Å². The molecule has 0 unspecified atom stereocenters. The first kappa shape index (κ1) is 29.1. The minimum absolute atomic E-state index is 0.452. The number of ether oxygens (including phenoxy) is 2. The molecule has 0 heterocycles. The average molecular weight is 602 g/mol. The molecule has 0 bridgehead atoms. The van der Waals surface area contributed by atoms with E-state index in [1.54, 1.807) is 0 Å². The van der Waals surface area contributed by atoms with Crippen LogP contribution in [0.1, 0.15) is 0 Å². The Hall–Kier alpha value is -1.94. The van der Waals surface area contributed by atoms with Crippen molar-refractivity contribution in [1.29, 1.82) is 0 Å². The highest BCUT2D eigenvalue weighted by Gasteiger charge is 2.61. The van der Waals surface area contributed by atoms with Gasteiger partial charge in [-0.15, -0.1) is 0 Å². The third-order valence-electron chi connectivity index (χ3n) is 3.07. The van der Waals surface area contributed by atoms with Crippen LogP contribution in [-0.4, -0.2) is 33.0 Å². The van der Waals surface area contributed by atoms with Gasteiger partial charge in [0.2, 0.25) is 0 Å². The van der Waals surface area contributed by atoms with E-state index >= 15 is 0 Å². The van der Waals surface area contributed by atoms with E-state index < -0.39 is 50.0 Å². The van der Waals surface area contributed by atoms with Gasteiger partial charge in [0.05, 0.1) is 4.90 Å². The Labute approximate surface area is 191 Å². The fourth-order valence-corrected chi connectivity index (χ4v) is 2.62. The van der Waals surface area contributed by atoms with Crippen LogP contribution in [0.15, 0.2) is 57.9 Å². The molecule has 0 aliphatic heterocycles. The molecule has 0 aliphatic rings. The normalized spacial score (nSPS) is 13.1. The van der Waals surface area contributed by atoms with Gasteiger partial charge in [0.15, 0.2) is 0 Å². The first-order chi connectivity index (χ1) is 14.7. The Morgan fingerprint density at radius 3 is 1.21 bits per heavy atom. The van der Waals surface area contributed by atoms with Gasteiger partial charge in [0, 0.05) is 15.2 Å². The molecule has 0 N–H and O–H groups in total. The quantitative estimate of drug-likeness (QED) is 0.270. The number of alkyl halides is 10. The van der Waals surface area contributed by atoms with E-state index in [9.17, 15) is 52.3 Å². The van der Waals surface area contributed by atoms with Crippen LogP contribution >= 0.6 is 26.6 Å². The minimum atomic E-state index is -5.87. The number of benzene rings is 2. The molecule has 0 atom stereocenters.